The summed E-state index contributed by atoms with van der Waals surface area (Å²) in [5.74, 6) is 2.40. The third-order valence-electron chi connectivity index (χ3n) is 2.96. The van der Waals surface area contributed by atoms with E-state index in [0.29, 0.717) is 17.1 Å². The number of aromatic amines is 1. The van der Waals surface area contributed by atoms with Crippen LogP contribution in [-0.4, -0.2) is 21.6 Å². The zero-order valence-corrected chi connectivity index (χ0v) is 12.4. The van der Waals surface area contributed by atoms with Crippen LogP contribution >= 0.6 is 0 Å². The number of hydrogen-bond donors (Lipinski definition) is 3. The maximum absolute atomic E-state index is 12.1. The smallest absolute Gasteiger partial charge is 0.291 e. The summed E-state index contributed by atoms with van der Waals surface area (Å²) >= 11 is 0. The Morgan fingerprint density at radius 3 is 2.64 bits per heavy atom. The quantitative estimate of drug-likeness (QED) is 0.598. The fourth-order valence-electron chi connectivity index (χ4n) is 1.88. The molecule has 0 fully saturated rings. The highest BCUT2D eigenvalue weighted by Crippen LogP contribution is 2.13. The molecular formula is C17H16N4O. The lowest BCUT2D eigenvalue weighted by atomic mass is 10.2. The minimum Gasteiger partial charge on any atom is -0.334 e. The predicted octanol–water partition coefficient (Wildman–Crippen LogP) is 3.09. The minimum absolute atomic E-state index is 0.214. The average Bonchev–Trinajstić information content (AvgIpc) is 2.97. The van der Waals surface area contributed by atoms with Gasteiger partial charge in [0.05, 0.1) is 11.9 Å². The second-order valence-electron chi connectivity index (χ2n) is 4.83. The van der Waals surface area contributed by atoms with Crippen molar-refractivity contribution in [1.82, 2.24) is 9.97 Å². The number of anilines is 1. The number of aromatic nitrogens is 2. The second-order valence-corrected chi connectivity index (χ2v) is 4.83. The number of terminal acetylenes is 1. The van der Waals surface area contributed by atoms with Crippen molar-refractivity contribution in [2.75, 3.05) is 5.32 Å². The van der Waals surface area contributed by atoms with Crippen LogP contribution in [0, 0.1) is 17.8 Å². The number of rotatable bonds is 4. The van der Waals surface area contributed by atoms with Gasteiger partial charge in [-0.15, -0.1) is 6.42 Å². The van der Waals surface area contributed by atoms with Crippen molar-refractivity contribution >= 4 is 22.9 Å². The number of carbonyl (C=O) groups excluding carboxylic acids is 1. The van der Waals surface area contributed by atoms with Crippen molar-refractivity contribution in [3.63, 3.8) is 0 Å². The largest absolute Gasteiger partial charge is 0.334 e. The van der Waals surface area contributed by atoms with Gasteiger partial charge < -0.3 is 15.7 Å². The zero-order valence-electron chi connectivity index (χ0n) is 12.4. The van der Waals surface area contributed by atoms with Crippen LogP contribution in [0.3, 0.4) is 0 Å². The van der Waals surface area contributed by atoms with Gasteiger partial charge in [0.1, 0.15) is 0 Å². The van der Waals surface area contributed by atoms with E-state index in [9.17, 15) is 4.79 Å². The number of benzene rings is 1. The molecule has 0 bridgehead atoms. The van der Waals surface area contributed by atoms with E-state index in [1.165, 1.54) is 0 Å². The molecule has 1 amide bonds. The van der Waals surface area contributed by atoms with Crippen molar-refractivity contribution in [1.29, 1.82) is 5.41 Å². The first-order chi connectivity index (χ1) is 10.5. The van der Waals surface area contributed by atoms with Crippen molar-refractivity contribution < 1.29 is 4.79 Å². The molecule has 0 saturated carbocycles. The van der Waals surface area contributed by atoms with Crippen LogP contribution in [0.15, 0.2) is 36.5 Å². The number of carbonyl (C=O) groups is 1. The molecular weight excluding hydrogens is 276 g/mol. The van der Waals surface area contributed by atoms with Crippen molar-refractivity contribution in [3.05, 3.63) is 53.6 Å². The van der Waals surface area contributed by atoms with Gasteiger partial charge in [-0.05, 0) is 49.8 Å². The van der Waals surface area contributed by atoms with Crippen LogP contribution in [-0.2, 0) is 0 Å². The molecule has 0 aliphatic carbocycles. The molecule has 2 rings (SSSR count). The molecule has 22 heavy (non-hydrogen) atoms. The molecule has 0 aliphatic heterocycles. The van der Waals surface area contributed by atoms with E-state index in [1.54, 1.807) is 43.5 Å². The summed E-state index contributed by atoms with van der Waals surface area (Å²) in [6.45, 7) is 3.54. The summed E-state index contributed by atoms with van der Waals surface area (Å²) in [5, 5.41) is 10.2. The van der Waals surface area contributed by atoms with Gasteiger partial charge in [0.15, 0.2) is 5.82 Å². The Hall–Kier alpha value is -3.13. The fraction of sp³-hybridized carbons (Fsp3) is 0.118. The van der Waals surface area contributed by atoms with Gasteiger partial charge in [-0.25, -0.2) is 4.98 Å². The van der Waals surface area contributed by atoms with Crippen LogP contribution in [0.5, 0.6) is 0 Å². The lowest BCUT2D eigenvalue weighted by Crippen LogP contribution is -2.13. The highest BCUT2D eigenvalue weighted by atomic mass is 16.2. The summed E-state index contributed by atoms with van der Waals surface area (Å²) in [7, 11) is 0. The summed E-state index contributed by atoms with van der Waals surface area (Å²) in [5.41, 5.74) is 3.38. The molecule has 110 valence electrons. The number of imidazole rings is 1. The molecule has 2 aromatic rings. The zero-order chi connectivity index (χ0) is 16.1. The van der Waals surface area contributed by atoms with Gasteiger partial charge in [-0.2, -0.15) is 0 Å². The number of nitrogens with zero attached hydrogens (tertiary/aromatic N) is 1. The molecule has 5 nitrogen and oxygen atoms in total. The molecule has 3 N–H and O–H groups in total. The van der Waals surface area contributed by atoms with Gasteiger partial charge in [-0.3, -0.25) is 4.79 Å². The maximum Gasteiger partial charge on any atom is 0.291 e. The first-order valence-corrected chi connectivity index (χ1v) is 6.66. The molecule has 0 atom stereocenters. The molecule has 1 aromatic heterocycles. The van der Waals surface area contributed by atoms with Gasteiger partial charge >= 0.3 is 0 Å². The molecule has 1 aromatic carbocycles. The van der Waals surface area contributed by atoms with E-state index in [4.69, 9.17) is 11.8 Å². The lowest BCUT2D eigenvalue weighted by molar-refractivity contribution is 0.101. The summed E-state index contributed by atoms with van der Waals surface area (Å²) in [6, 6.07) is 6.98. The van der Waals surface area contributed by atoms with Gasteiger partial charge in [-0.1, -0.05) is 5.92 Å². The second kappa shape index (κ2) is 6.55. The number of allylic oxidation sites excluding steroid dienone is 2. The van der Waals surface area contributed by atoms with Crippen LogP contribution in [0.2, 0.25) is 0 Å². The number of hydrogen-bond acceptors (Lipinski definition) is 3. The molecule has 0 unspecified atom stereocenters. The third-order valence-corrected chi connectivity index (χ3v) is 2.96. The van der Waals surface area contributed by atoms with Gasteiger partial charge in [0, 0.05) is 17.0 Å². The number of H-pyrrole nitrogens is 1. The van der Waals surface area contributed by atoms with Crippen LogP contribution < -0.4 is 5.32 Å². The minimum atomic E-state index is -0.334. The normalized spacial score (nSPS) is 10.9. The van der Waals surface area contributed by atoms with Gasteiger partial charge in [0.25, 0.3) is 5.91 Å². The van der Waals surface area contributed by atoms with E-state index in [1.807, 2.05) is 6.92 Å². The van der Waals surface area contributed by atoms with Crippen molar-refractivity contribution in [3.8, 4) is 12.3 Å². The Balaban J connectivity index is 2.12. The summed E-state index contributed by atoms with van der Waals surface area (Å²) < 4.78 is 0. The lowest BCUT2D eigenvalue weighted by Gasteiger charge is -2.03. The number of nitrogens with one attached hydrogen (secondary N) is 3. The Kier molecular flexibility index (Phi) is 4.54. The number of amides is 1. The maximum atomic E-state index is 12.1. The standard InChI is InChI=1S/C17H16N4O/c1-4-13-5-7-14(8-6-13)20-17(22)16-19-10-15(21-16)11(2)9-12(3)18/h1,5-10,18H,2-3H3,(H,19,21)(H,20,22)/b11-9-,18-12?. The van der Waals surface area contributed by atoms with Crippen molar-refractivity contribution in [2.24, 2.45) is 0 Å². The molecule has 0 radical (unpaired) electrons. The van der Waals surface area contributed by atoms with E-state index in [2.05, 4.69) is 21.2 Å². The fourth-order valence-corrected chi connectivity index (χ4v) is 1.88. The Morgan fingerprint density at radius 2 is 2.05 bits per heavy atom. The molecule has 0 saturated heterocycles. The predicted molar refractivity (Wildman–Crippen MR) is 88.0 cm³/mol. The van der Waals surface area contributed by atoms with E-state index in [-0.39, 0.29) is 11.7 Å². The Morgan fingerprint density at radius 1 is 1.36 bits per heavy atom. The average molecular weight is 292 g/mol. The van der Waals surface area contributed by atoms with Gasteiger partial charge in [0.2, 0.25) is 0 Å². The van der Waals surface area contributed by atoms with E-state index in [0.717, 1.165) is 11.1 Å². The first kappa shape index (κ1) is 15.3. The highest BCUT2D eigenvalue weighted by Gasteiger charge is 2.11. The van der Waals surface area contributed by atoms with E-state index < -0.39 is 0 Å². The Labute approximate surface area is 129 Å². The molecule has 0 aliphatic rings. The topological polar surface area (TPSA) is 81.6 Å². The highest BCUT2D eigenvalue weighted by molar-refractivity contribution is 6.02. The van der Waals surface area contributed by atoms with Crippen LogP contribution in [0.4, 0.5) is 5.69 Å². The molecule has 0 spiro atoms. The summed E-state index contributed by atoms with van der Waals surface area (Å²) in [6.07, 6.45) is 8.56. The summed E-state index contributed by atoms with van der Waals surface area (Å²) in [4.78, 5) is 19.1. The third kappa shape index (κ3) is 3.70. The first-order valence-electron chi connectivity index (χ1n) is 6.66. The van der Waals surface area contributed by atoms with Crippen LogP contribution in [0.25, 0.3) is 5.57 Å². The SMILES string of the molecule is C#Cc1ccc(NC(=O)c2ncc(/C(C)=C\C(C)=N)[nH]2)cc1. The molecule has 5 heteroatoms. The van der Waals surface area contributed by atoms with Crippen molar-refractivity contribution in [2.45, 2.75) is 13.8 Å². The van der Waals surface area contributed by atoms with E-state index >= 15 is 0 Å². The monoisotopic (exact) mass is 292 g/mol. The van der Waals surface area contributed by atoms with Crippen LogP contribution in [0.1, 0.15) is 35.7 Å². The Bertz CT molecular complexity index is 776. The molecule has 1 heterocycles.